The van der Waals surface area contributed by atoms with Gasteiger partial charge in [0.1, 0.15) is 11.5 Å². The van der Waals surface area contributed by atoms with Crippen molar-refractivity contribution in [2.45, 2.75) is 49.6 Å². The first-order chi connectivity index (χ1) is 14.5. The van der Waals surface area contributed by atoms with Gasteiger partial charge in [-0.25, -0.2) is 13.1 Å². The van der Waals surface area contributed by atoms with Crippen LogP contribution in [0.3, 0.4) is 0 Å². The first-order valence-electron chi connectivity index (χ1n) is 10.1. The quantitative estimate of drug-likeness (QED) is 0.635. The lowest BCUT2D eigenvalue weighted by Gasteiger charge is -2.22. The number of benzene rings is 2. The van der Waals surface area contributed by atoms with Crippen LogP contribution in [0.5, 0.6) is 11.5 Å². The number of sulfonamides is 1. The minimum absolute atomic E-state index is 0.00612. The van der Waals surface area contributed by atoms with Crippen LogP contribution in [0.2, 0.25) is 0 Å². The van der Waals surface area contributed by atoms with Gasteiger partial charge in [0.15, 0.2) is 6.61 Å². The van der Waals surface area contributed by atoms with E-state index in [9.17, 15) is 13.2 Å². The first-order valence-corrected chi connectivity index (χ1v) is 11.6. The Bertz CT molecular complexity index is 938. The molecule has 162 valence electrons. The summed E-state index contributed by atoms with van der Waals surface area (Å²) in [5.41, 5.74) is 0.869. The average Bonchev–Trinajstić information content (AvgIpc) is 2.77. The summed E-state index contributed by atoms with van der Waals surface area (Å²) in [6.45, 7) is 0.164. The fourth-order valence-corrected chi connectivity index (χ4v) is 4.77. The highest BCUT2D eigenvalue weighted by atomic mass is 32.2. The van der Waals surface area contributed by atoms with Crippen molar-refractivity contribution < 1.29 is 22.7 Å². The van der Waals surface area contributed by atoms with Crippen LogP contribution in [0.1, 0.15) is 37.7 Å². The number of para-hydroxylation sites is 1. The van der Waals surface area contributed by atoms with E-state index in [1.165, 1.54) is 12.1 Å². The highest BCUT2D eigenvalue weighted by Crippen LogP contribution is 2.21. The zero-order valence-electron chi connectivity index (χ0n) is 17.1. The van der Waals surface area contributed by atoms with E-state index in [4.69, 9.17) is 9.47 Å². The molecule has 0 unspecified atom stereocenters. The summed E-state index contributed by atoms with van der Waals surface area (Å²) < 4.78 is 38.6. The van der Waals surface area contributed by atoms with E-state index < -0.39 is 10.0 Å². The predicted octanol–water partition coefficient (Wildman–Crippen LogP) is 3.00. The van der Waals surface area contributed by atoms with Crippen molar-refractivity contribution in [3.05, 3.63) is 54.1 Å². The lowest BCUT2D eigenvalue weighted by Crippen LogP contribution is -2.36. The summed E-state index contributed by atoms with van der Waals surface area (Å²) in [6, 6.07) is 13.6. The zero-order chi connectivity index (χ0) is 21.4. The third-order valence-corrected chi connectivity index (χ3v) is 6.64. The molecule has 1 saturated carbocycles. The molecule has 2 N–H and O–H groups in total. The SMILES string of the molecule is COc1ccccc1CNC(=O)COc1ccc(S(=O)(=O)NC2CCCCC2)cc1. The highest BCUT2D eigenvalue weighted by molar-refractivity contribution is 7.89. The van der Waals surface area contributed by atoms with Crippen LogP contribution in [-0.4, -0.2) is 34.1 Å². The molecule has 7 nitrogen and oxygen atoms in total. The fraction of sp³-hybridized carbons (Fsp3) is 0.409. The highest BCUT2D eigenvalue weighted by Gasteiger charge is 2.21. The Morgan fingerprint density at radius 3 is 2.43 bits per heavy atom. The fourth-order valence-electron chi connectivity index (χ4n) is 3.47. The van der Waals surface area contributed by atoms with Gasteiger partial charge in [0, 0.05) is 18.2 Å². The lowest BCUT2D eigenvalue weighted by molar-refractivity contribution is -0.123. The molecule has 1 aliphatic carbocycles. The maximum absolute atomic E-state index is 12.5. The molecule has 0 aliphatic heterocycles. The molecule has 0 atom stereocenters. The molecule has 1 fully saturated rings. The van der Waals surface area contributed by atoms with Crippen molar-refractivity contribution >= 4 is 15.9 Å². The molecular weight excluding hydrogens is 404 g/mol. The molecule has 0 heterocycles. The molecule has 2 aromatic carbocycles. The minimum atomic E-state index is -3.55. The van der Waals surface area contributed by atoms with Gasteiger partial charge in [-0.3, -0.25) is 4.79 Å². The number of carbonyl (C=O) groups is 1. The van der Waals surface area contributed by atoms with Gasteiger partial charge in [0.25, 0.3) is 5.91 Å². The second-order valence-electron chi connectivity index (χ2n) is 7.30. The Morgan fingerprint density at radius 2 is 1.73 bits per heavy atom. The predicted molar refractivity (Wildman–Crippen MR) is 114 cm³/mol. The van der Waals surface area contributed by atoms with Crippen molar-refractivity contribution in [3.63, 3.8) is 0 Å². The monoisotopic (exact) mass is 432 g/mol. The van der Waals surface area contributed by atoms with Crippen molar-refractivity contribution in [1.29, 1.82) is 0 Å². The Kier molecular flexibility index (Phi) is 7.70. The van der Waals surface area contributed by atoms with Gasteiger partial charge >= 0.3 is 0 Å². The summed E-state index contributed by atoms with van der Waals surface area (Å²) in [5, 5.41) is 2.78. The minimum Gasteiger partial charge on any atom is -0.496 e. The first kappa shape index (κ1) is 22.1. The Balaban J connectivity index is 1.48. The summed E-state index contributed by atoms with van der Waals surface area (Å²) >= 11 is 0. The molecule has 0 spiro atoms. The topological polar surface area (TPSA) is 93.7 Å². The third-order valence-electron chi connectivity index (χ3n) is 5.10. The maximum Gasteiger partial charge on any atom is 0.258 e. The van der Waals surface area contributed by atoms with E-state index in [-0.39, 0.29) is 23.5 Å². The van der Waals surface area contributed by atoms with Crippen LogP contribution >= 0.6 is 0 Å². The second kappa shape index (κ2) is 10.4. The van der Waals surface area contributed by atoms with Crippen LogP contribution in [0.15, 0.2) is 53.4 Å². The molecule has 8 heteroatoms. The summed E-state index contributed by atoms with van der Waals surface area (Å²) in [4.78, 5) is 12.2. The molecule has 0 aromatic heterocycles. The van der Waals surface area contributed by atoms with Crippen molar-refractivity contribution in [2.24, 2.45) is 0 Å². The summed E-state index contributed by atoms with van der Waals surface area (Å²) in [5.74, 6) is 0.855. The van der Waals surface area contributed by atoms with E-state index in [2.05, 4.69) is 10.0 Å². The molecule has 3 rings (SSSR count). The van der Waals surface area contributed by atoms with Gasteiger partial charge in [0.2, 0.25) is 10.0 Å². The molecule has 1 amide bonds. The lowest BCUT2D eigenvalue weighted by atomic mass is 9.96. The zero-order valence-corrected chi connectivity index (χ0v) is 17.9. The van der Waals surface area contributed by atoms with Gasteiger partial charge in [-0.15, -0.1) is 0 Å². The van der Waals surface area contributed by atoms with E-state index in [0.717, 1.165) is 37.7 Å². The average molecular weight is 433 g/mol. The number of carbonyl (C=O) groups excluding carboxylic acids is 1. The molecular formula is C22H28N2O5S. The number of methoxy groups -OCH3 is 1. The standard InChI is InChI=1S/C22H28N2O5S/c1-28-21-10-6-5-7-17(21)15-23-22(25)16-29-19-11-13-20(14-12-19)30(26,27)24-18-8-3-2-4-9-18/h5-7,10-14,18,24H,2-4,8-9,15-16H2,1H3,(H,23,25). The number of nitrogens with one attached hydrogen (secondary N) is 2. The summed E-state index contributed by atoms with van der Waals surface area (Å²) in [6.07, 6.45) is 5.03. The maximum atomic E-state index is 12.5. The number of amides is 1. The van der Waals surface area contributed by atoms with Gasteiger partial charge in [-0.1, -0.05) is 37.5 Å². The Morgan fingerprint density at radius 1 is 1.03 bits per heavy atom. The second-order valence-corrected chi connectivity index (χ2v) is 9.02. The normalized spacial score (nSPS) is 14.8. The summed E-state index contributed by atoms with van der Waals surface area (Å²) in [7, 11) is -1.97. The Labute approximate surface area is 177 Å². The number of hydrogen-bond donors (Lipinski definition) is 2. The number of hydrogen-bond acceptors (Lipinski definition) is 5. The molecule has 0 saturated heterocycles. The largest absolute Gasteiger partial charge is 0.496 e. The van der Waals surface area contributed by atoms with Crippen LogP contribution in [0.25, 0.3) is 0 Å². The van der Waals surface area contributed by atoms with Crippen molar-refractivity contribution in [1.82, 2.24) is 10.0 Å². The number of rotatable bonds is 9. The van der Waals surface area contributed by atoms with Gasteiger partial charge in [0.05, 0.1) is 12.0 Å². The van der Waals surface area contributed by atoms with Gasteiger partial charge < -0.3 is 14.8 Å². The molecule has 30 heavy (non-hydrogen) atoms. The molecule has 0 radical (unpaired) electrons. The third kappa shape index (κ3) is 6.21. The number of ether oxygens (including phenoxy) is 2. The smallest absolute Gasteiger partial charge is 0.258 e. The van der Waals surface area contributed by atoms with Crippen LogP contribution < -0.4 is 19.5 Å². The molecule has 1 aliphatic rings. The van der Waals surface area contributed by atoms with Crippen LogP contribution in [0, 0.1) is 0 Å². The van der Waals surface area contributed by atoms with Crippen molar-refractivity contribution in [3.8, 4) is 11.5 Å². The van der Waals surface area contributed by atoms with E-state index in [1.807, 2.05) is 24.3 Å². The van der Waals surface area contributed by atoms with Crippen LogP contribution in [0.4, 0.5) is 0 Å². The van der Waals surface area contributed by atoms with E-state index >= 15 is 0 Å². The Hall–Kier alpha value is -2.58. The van der Waals surface area contributed by atoms with Gasteiger partial charge in [-0.05, 0) is 43.2 Å². The van der Waals surface area contributed by atoms with Crippen LogP contribution in [-0.2, 0) is 21.4 Å². The van der Waals surface area contributed by atoms with Crippen molar-refractivity contribution in [2.75, 3.05) is 13.7 Å². The van der Waals surface area contributed by atoms with E-state index in [0.29, 0.717) is 18.0 Å². The molecule has 2 aromatic rings. The van der Waals surface area contributed by atoms with Gasteiger partial charge in [-0.2, -0.15) is 0 Å². The molecule has 0 bridgehead atoms. The van der Waals surface area contributed by atoms with E-state index in [1.54, 1.807) is 19.2 Å².